The Morgan fingerprint density at radius 3 is 2.44 bits per heavy atom. The van der Waals surface area contributed by atoms with Crippen molar-refractivity contribution in [3.05, 3.63) is 80.3 Å². The van der Waals surface area contributed by atoms with E-state index >= 15 is 0 Å². The molecule has 0 saturated carbocycles. The number of H-pyrrole nitrogens is 1. The van der Waals surface area contributed by atoms with Gasteiger partial charge in [0, 0.05) is 5.56 Å². The number of rotatable bonds is 3. The largest absolute Gasteiger partial charge is 0.495 e. The van der Waals surface area contributed by atoms with Crippen LogP contribution < -0.4 is 10.3 Å². The Balaban J connectivity index is 2.20. The van der Waals surface area contributed by atoms with Crippen LogP contribution >= 0.6 is 12.2 Å². The van der Waals surface area contributed by atoms with Gasteiger partial charge in [-0.1, -0.05) is 24.3 Å². The lowest BCUT2D eigenvalue weighted by Gasteiger charge is -2.17. The van der Waals surface area contributed by atoms with Crippen molar-refractivity contribution in [2.45, 2.75) is 20.0 Å². The fourth-order valence-electron chi connectivity index (χ4n) is 3.54. The minimum absolute atomic E-state index is 0.0802. The minimum atomic E-state index is -4.79. The van der Waals surface area contributed by atoms with Crippen molar-refractivity contribution in [3.8, 4) is 22.7 Å². The van der Waals surface area contributed by atoms with Crippen LogP contribution in [0.15, 0.2) is 53.3 Å². The third-order valence-corrected chi connectivity index (χ3v) is 5.58. The molecular formula is C23H18F3N3O2S. The number of fused-ring (bicyclic) bond motifs is 1. The Morgan fingerprint density at radius 2 is 1.78 bits per heavy atom. The molecule has 5 nitrogen and oxygen atoms in total. The van der Waals surface area contributed by atoms with Gasteiger partial charge in [0.15, 0.2) is 10.4 Å². The smallest absolute Gasteiger partial charge is 0.417 e. The van der Waals surface area contributed by atoms with E-state index in [9.17, 15) is 18.0 Å². The number of alkyl halides is 3. The molecule has 0 amide bonds. The second-order valence-electron chi connectivity index (χ2n) is 7.32. The molecule has 164 valence electrons. The zero-order valence-corrected chi connectivity index (χ0v) is 18.2. The number of halogens is 3. The van der Waals surface area contributed by atoms with Crippen LogP contribution in [0.5, 0.6) is 5.75 Å². The van der Waals surface area contributed by atoms with Crippen LogP contribution in [0, 0.1) is 18.6 Å². The molecule has 1 N–H and O–H groups in total. The van der Waals surface area contributed by atoms with Gasteiger partial charge in [-0.05, 0) is 61.5 Å². The number of aromatic amines is 1. The molecule has 0 saturated heterocycles. The summed E-state index contributed by atoms with van der Waals surface area (Å²) in [7, 11) is 1.44. The zero-order chi connectivity index (χ0) is 23.2. The zero-order valence-electron chi connectivity index (χ0n) is 17.4. The summed E-state index contributed by atoms with van der Waals surface area (Å²) in [6, 6.07) is 12.9. The van der Waals surface area contributed by atoms with Crippen LogP contribution in [0.25, 0.3) is 28.0 Å². The molecule has 0 atom stereocenters. The van der Waals surface area contributed by atoms with E-state index < -0.39 is 22.7 Å². The number of aromatic nitrogens is 3. The van der Waals surface area contributed by atoms with Crippen LogP contribution in [0.2, 0.25) is 0 Å². The molecule has 0 aliphatic rings. The van der Waals surface area contributed by atoms with Crippen molar-refractivity contribution < 1.29 is 17.9 Å². The van der Waals surface area contributed by atoms with Gasteiger partial charge in [0.25, 0.3) is 5.56 Å². The molecule has 2 aromatic carbocycles. The number of hydrogen-bond donors (Lipinski definition) is 1. The maximum Gasteiger partial charge on any atom is 0.417 e. The van der Waals surface area contributed by atoms with Gasteiger partial charge in [0.2, 0.25) is 0 Å². The van der Waals surface area contributed by atoms with Crippen molar-refractivity contribution in [2.75, 3.05) is 7.11 Å². The lowest BCUT2D eigenvalue weighted by Crippen LogP contribution is -2.20. The molecule has 0 radical (unpaired) electrons. The topological polar surface area (TPSA) is 59.9 Å². The van der Waals surface area contributed by atoms with Crippen LogP contribution in [-0.2, 0) is 6.18 Å². The van der Waals surface area contributed by atoms with E-state index in [0.717, 1.165) is 17.2 Å². The van der Waals surface area contributed by atoms with Crippen molar-refractivity contribution in [3.63, 3.8) is 0 Å². The number of nitrogens with zero attached hydrogens (tertiary/aromatic N) is 2. The highest BCUT2D eigenvalue weighted by atomic mass is 32.1. The van der Waals surface area contributed by atoms with Crippen LogP contribution in [0.1, 0.15) is 16.7 Å². The first-order valence-electron chi connectivity index (χ1n) is 9.60. The van der Waals surface area contributed by atoms with Gasteiger partial charge in [0.1, 0.15) is 5.75 Å². The molecule has 2 aromatic heterocycles. The monoisotopic (exact) mass is 457 g/mol. The van der Waals surface area contributed by atoms with E-state index in [1.807, 2.05) is 19.9 Å². The molecule has 0 fully saturated rings. The summed E-state index contributed by atoms with van der Waals surface area (Å²) in [5.74, 6) is 0.365. The standard InChI is InChI=1S/C23H18F3N3O2S/c1-12-8-9-14(10-13(12)2)16-11-15(23(24,25)26)19-20(27-16)29(22(32)28-21(19)30)17-6-4-5-7-18(17)31-3/h4-11H,1-3H3,(H,28,30,32). The summed E-state index contributed by atoms with van der Waals surface area (Å²) in [5, 5.41) is -0.593. The van der Waals surface area contributed by atoms with Crippen LogP contribution in [0.4, 0.5) is 13.2 Å². The highest BCUT2D eigenvalue weighted by molar-refractivity contribution is 7.71. The van der Waals surface area contributed by atoms with Crippen molar-refractivity contribution in [2.24, 2.45) is 0 Å². The van der Waals surface area contributed by atoms with E-state index in [-0.39, 0.29) is 16.1 Å². The summed E-state index contributed by atoms with van der Waals surface area (Å²) >= 11 is 5.32. The third kappa shape index (κ3) is 3.69. The fraction of sp³-hybridized carbons (Fsp3) is 0.174. The minimum Gasteiger partial charge on any atom is -0.495 e. The Morgan fingerprint density at radius 1 is 1.06 bits per heavy atom. The number of aryl methyl sites for hydroxylation is 2. The molecule has 0 unspecified atom stereocenters. The lowest BCUT2D eigenvalue weighted by atomic mass is 10.0. The van der Waals surface area contributed by atoms with E-state index in [1.54, 1.807) is 36.4 Å². The Kier molecular flexibility index (Phi) is 5.37. The molecule has 0 spiro atoms. The number of pyridine rings is 1. The molecule has 0 bridgehead atoms. The van der Waals surface area contributed by atoms with Gasteiger partial charge < -0.3 is 4.74 Å². The molecule has 4 rings (SSSR count). The molecule has 9 heteroatoms. The fourth-order valence-corrected chi connectivity index (χ4v) is 3.82. The summed E-state index contributed by atoms with van der Waals surface area (Å²) in [6.07, 6.45) is -4.79. The Bertz CT molecular complexity index is 1470. The van der Waals surface area contributed by atoms with Gasteiger partial charge in [-0.2, -0.15) is 13.2 Å². The maximum absolute atomic E-state index is 14.1. The van der Waals surface area contributed by atoms with Gasteiger partial charge in [-0.15, -0.1) is 0 Å². The number of nitrogens with one attached hydrogen (secondary N) is 1. The van der Waals surface area contributed by atoms with Crippen LogP contribution in [-0.4, -0.2) is 21.6 Å². The number of hydrogen-bond acceptors (Lipinski definition) is 4. The Hall–Kier alpha value is -3.46. The van der Waals surface area contributed by atoms with Crippen molar-refractivity contribution in [1.82, 2.24) is 14.5 Å². The van der Waals surface area contributed by atoms with Crippen molar-refractivity contribution >= 4 is 23.3 Å². The second kappa shape index (κ2) is 7.90. The molecule has 2 heterocycles. The van der Waals surface area contributed by atoms with Crippen LogP contribution in [0.3, 0.4) is 0 Å². The summed E-state index contributed by atoms with van der Waals surface area (Å²) in [5.41, 5.74) is 0.600. The third-order valence-electron chi connectivity index (χ3n) is 5.30. The van der Waals surface area contributed by atoms with E-state index in [4.69, 9.17) is 17.0 Å². The molecule has 4 aromatic rings. The van der Waals surface area contributed by atoms with Gasteiger partial charge in [0.05, 0.1) is 29.4 Å². The predicted octanol–water partition coefficient (Wildman–Crippen LogP) is 5.75. The predicted molar refractivity (Wildman–Crippen MR) is 119 cm³/mol. The molecule has 32 heavy (non-hydrogen) atoms. The van der Waals surface area contributed by atoms with E-state index in [1.165, 1.54) is 11.7 Å². The Labute approximate surface area is 186 Å². The highest BCUT2D eigenvalue weighted by Gasteiger charge is 2.36. The molecule has 0 aliphatic heterocycles. The summed E-state index contributed by atoms with van der Waals surface area (Å²) in [4.78, 5) is 19.5. The number of methoxy groups -OCH3 is 1. The first-order valence-corrected chi connectivity index (χ1v) is 10.0. The van der Waals surface area contributed by atoms with E-state index in [0.29, 0.717) is 17.0 Å². The quantitative estimate of drug-likeness (QED) is 0.398. The number of benzene rings is 2. The SMILES string of the molecule is COc1ccccc1-n1c(=S)[nH]c(=O)c2c(C(F)(F)F)cc(-c3ccc(C)c(C)c3)nc21. The first-order chi connectivity index (χ1) is 15.1. The second-order valence-corrected chi connectivity index (χ2v) is 7.70. The summed E-state index contributed by atoms with van der Waals surface area (Å²) in [6.45, 7) is 3.78. The number of ether oxygens (including phenoxy) is 1. The summed E-state index contributed by atoms with van der Waals surface area (Å²) < 4.78 is 48.8. The normalized spacial score (nSPS) is 11.7. The molecular weight excluding hydrogens is 439 g/mol. The van der Waals surface area contributed by atoms with E-state index in [2.05, 4.69) is 9.97 Å². The molecule has 0 aliphatic carbocycles. The van der Waals surface area contributed by atoms with Crippen molar-refractivity contribution in [1.29, 1.82) is 0 Å². The maximum atomic E-state index is 14.1. The average molecular weight is 457 g/mol. The number of para-hydroxylation sites is 2. The highest BCUT2D eigenvalue weighted by Crippen LogP contribution is 2.37. The van der Waals surface area contributed by atoms with Gasteiger partial charge in [-0.3, -0.25) is 14.3 Å². The lowest BCUT2D eigenvalue weighted by molar-refractivity contribution is -0.136. The van der Waals surface area contributed by atoms with Gasteiger partial charge >= 0.3 is 6.18 Å². The van der Waals surface area contributed by atoms with Gasteiger partial charge in [-0.25, -0.2) is 4.98 Å². The average Bonchev–Trinajstić information content (AvgIpc) is 2.74. The first kappa shape index (κ1) is 21.8.